The van der Waals surface area contributed by atoms with E-state index in [4.69, 9.17) is 9.84 Å². The SMILES string of the molecule is CCc1cc2c(N3CCN(C(=O)c4cccc(-c5ccccc5)c4)CC3)nc(OCCC(=O)O)nc2s1. The predicted molar refractivity (Wildman–Crippen MR) is 145 cm³/mol. The number of carbonyl (C=O) groups is 2. The van der Waals surface area contributed by atoms with E-state index < -0.39 is 5.97 Å². The highest BCUT2D eigenvalue weighted by Gasteiger charge is 2.25. The second kappa shape index (κ2) is 11.0. The Balaban J connectivity index is 1.32. The van der Waals surface area contributed by atoms with Crippen LogP contribution in [0.5, 0.6) is 6.01 Å². The van der Waals surface area contributed by atoms with Gasteiger partial charge in [-0.1, -0.05) is 49.4 Å². The molecule has 1 amide bonds. The summed E-state index contributed by atoms with van der Waals surface area (Å²) in [6.07, 6.45) is 0.771. The van der Waals surface area contributed by atoms with Crippen molar-refractivity contribution in [1.82, 2.24) is 14.9 Å². The Bertz CT molecular complexity index is 1410. The van der Waals surface area contributed by atoms with E-state index in [1.54, 1.807) is 11.3 Å². The van der Waals surface area contributed by atoms with Gasteiger partial charge in [-0.3, -0.25) is 9.59 Å². The fourth-order valence-electron chi connectivity index (χ4n) is 4.41. The lowest BCUT2D eigenvalue weighted by molar-refractivity contribution is -0.137. The lowest BCUT2D eigenvalue weighted by Crippen LogP contribution is -2.49. The Hall–Kier alpha value is -3.98. The van der Waals surface area contributed by atoms with E-state index in [1.807, 2.05) is 59.5 Å². The molecule has 0 spiro atoms. The summed E-state index contributed by atoms with van der Waals surface area (Å²) in [5.74, 6) is -0.142. The van der Waals surface area contributed by atoms with Crippen LogP contribution in [0.15, 0.2) is 60.7 Å². The van der Waals surface area contributed by atoms with Crippen LogP contribution in [0.1, 0.15) is 28.6 Å². The number of carboxylic acid groups (broad SMARTS) is 1. The van der Waals surface area contributed by atoms with Crippen molar-refractivity contribution < 1.29 is 19.4 Å². The average molecular weight is 517 g/mol. The van der Waals surface area contributed by atoms with Crippen LogP contribution in [0.25, 0.3) is 21.3 Å². The third kappa shape index (κ3) is 5.56. The van der Waals surface area contributed by atoms with Crippen molar-refractivity contribution in [1.29, 1.82) is 0 Å². The van der Waals surface area contributed by atoms with Gasteiger partial charge >= 0.3 is 12.0 Å². The van der Waals surface area contributed by atoms with Crippen molar-refractivity contribution in [3.05, 3.63) is 71.1 Å². The molecule has 8 nitrogen and oxygen atoms in total. The molecular weight excluding hydrogens is 488 g/mol. The van der Waals surface area contributed by atoms with Gasteiger partial charge < -0.3 is 19.6 Å². The lowest BCUT2D eigenvalue weighted by Gasteiger charge is -2.35. The Labute approximate surface area is 219 Å². The molecular formula is C28H28N4O4S. The van der Waals surface area contributed by atoms with Gasteiger partial charge in [-0.05, 0) is 35.7 Å². The molecule has 1 saturated heterocycles. The number of rotatable bonds is 8. The molecule has 0 aliphatic carbocycles. The monoisotopic (exact) mass is 516 g/mol. The molecule has 3 heterocycles. The Morgan fingerprint density at radius 3 is 2.46 bits per heavy atom. The third-order valence-corrected chi connectivity index (χ3v) is 7.56. The first-order valence-corrected chi connectivity index (χ1v) is 13.2. The topological polar surface area (TPSA) is 95.9 Å². The summed E-state index contributed by atoms with van der Waals surface area (Å²) in [5.41, 5.74) is 2.78. The number of carboxylic acids is 1. The molecule has 0 saturated carbocycles. The number of nitrogens with zero attached hydrogens (tertiary/aromatic N) is 4. The number of aromatic nitrogens is 2. The first-order chi connectivity index (χ1) is 18.0. The molecule has 1 N–H and O–H groups in total. The van der Waals surface area contributed by atoms with Crippen molar-refractivity contribution in [3.63, 3.8) is 0 Å². The summed E-state index contributed by atoms with van der Waals surface area (Å²) >= 11 is 1.59. The molecule has 9 heteroatoms. The number of amides is 1. The van der Waals surface area contributed by atoms with Gasteiger partial charge in [0.1, 0.15) is 17.3 Å². The second-order valence-electron chi connectivity index (χ2n) is 8.83. The Kier molecular flexibility index (Phi) is 7.32. The molecule has 0 unspecified atom stereocenters. The number of ether oxygens (including phenoxy) is 1. The lowest BCUT2D eigenvalue weighted by atomic mass is 10.0. The zero-order valence-electron chi connectivity index (χ0n) is 20.6. The van der Waals surface area contributed by atoms with Gasteiger partial charge in [-0.15, -0.1) is 11.3 Å². The summed E-state index contributed by atoms with van der Waals surface area (Å²) in [5, 5.41) is 9.88. The minimum atomic E-state index is -0.930. The summed E-state index contributed by atoms with van der Waals surface area (Å²) in [6.45, 7) is 4.50. The molecule has 0 bridgehead atoms. The molecule has 1 aliphatic rings. The number of aliphatic carboxylic acids is 1. The first-order valence-electron chi connectivity index (χ1n) is 12.4. The minimum absolute atomic E-state index is 0.0105. The molecule has 2 aromatic heterocycles. The fraction of sp³-hybridized carbons (Fsp3) is 0.286. The van der Waals surface area contributed by atoms with Crippen LogP contribution in [0.4, 0.5) is 5.82 Å². The molecule has 190 valence electrons. The van der Waals surface area contributed by atoms with Gasteiger partial charge in [0.05, 0.1) is 11.8 Å². The Morgan fingerprint density at radius 2 is 1.73 bits per heavy atom. The zero-order chi connectivity index (χ0) is 25.8. The summed E-state index contributed by atoms with van der Waals surface area (Å²) in [7, 11) is 0. The van der Waals surface area contributed by atoms with E-state index in [0.29, 0.717) is 31.7 Å². The molecule has 0 atom stereocenters. The largest absolute Gasteiger partial charge is 0.481 e. The van der Waals surface area contributed by atoms with Crippen molar-refractivity contribution >= 4 is 39.2 Å². The van der Waals surface area contributed by atoms with Crippen LogP contribution >= 0.6 is 11.3 Å². The quantitative estimate of drug-likeness (QED) is 0.361. The smallest absolute Gasteiger partial charge is 0.319 e. The van der Waals surface area contributed by atoms with Crippen LogP contribution in [0.3, 0.4) is 0 Å². The molecule has 1 fully saturated rings. The van der Waals surface area contributed by atoms with Crippen molar-refractivity contribution in [2.24, 2.45) is 0 Å². The molecule has 37 heavy (non-hydrogen) atoms. The maximum atomic E-state index is 13.3. The van der Waals surface area contributed by atoms with Crippen molar-refractivity contribution in [2.75, 3.05) is 37.7 Å². The normalized spacial score (nSPS) is 13.6. The highest BCUT2D eigenvalue weighted by molar-refractivity contribution is 7.18. The number of aryl methyl sites for hydroxylation is 1. The van der Waals surface area contributed by atoms with Gasteiger partial charge in [0.25, 0.3) is 5.91 Å². The van der Waals surface area contributed by atoms with E-state index >= 15 is 0 Å². The van der Waals surface area contributed by atoms with Crippen LogP contribution in [-0.2, 0) is 11.2 Å². The van der Waals surface area contributed by atoms with Crippen LogP contribution in [-0.4, -0.2) is 64.6 Å². The maximum absolute atomic E-state index is 13.3. The first kappa shape index (κ1) is 24.7. The number of benzene rings is 2. The van der Waals surface area contributed by atoms with E-state index in [1.165, 1.54) is 4.88 Å². The van der Waals surface area contributed by atoms with Gasteiger partial charge in [-0.2, -0.15) is 9.97 Å². The van der Waals surface area contributed by atoms with Crippen LogP contribution < -0.4 is 9.64 Å². The number of hydrogen-bond acceptors (Lipinski definition) is 7. The Morgan fingerprint density at radius 1 is 0.973 bits per heavy atom. The number of carbonyl (C=O) groups excluding carboxylic acids is 1. The summed E-state index contributed by atoms with van der Waals surface area (Å²) < 4.78 is 5.58. The zero-order valence-corrected chi connectivity index (χ0v) is 21.4. The standard InChI is InChI=1S/C28H28N4O4S/c1-2-22-18-23-25(29-28(30-26(23)37-22)36-16-11-24(33)34)31-12-14-32(15-13-31)27(35)21-10-6-9-20(17-21)19-7-4-3-5-8-19/h3-10,17-18H,2,11-16H2,1H3,(H,33,34). The number of hydrogen-bond donors (Lipinski definition) is 1. The molecule has 2 aromatic carbocycles. The molecule has 5 rings (SSSR count). The number of thiophene rings is 1. The molecule has 4 aromatic rings. The molecule has 1 aliphatic heterocycles. The summed E-state index contributed by atoms with van der Waals surface area (Å²) in [6, 6.07) is 20.1. The maximum Gasteiger partial charge on any atom is 0.319 e. The van der Waals surface area contributed by atoms with Crippen LogP contribution in [0, 0.1) is 0 Å². The van der Waals surface area contributed by atoms with E-state index in [2.05, 4.69) is 27.9 Å². The van der Waals surface area contributed by atoms with Gasteiger partial charge in [0.2, 0.25) is 0 Å². The summed E-state index contributed by atoms with van der Waals surface area (Å²) in [4.78, 5) is 39.4. The van der Waals surface area contributed by atoms with E-state index in [9.17, 15) is 9.59 Å². The van der Waals surface area contributed by atoms with Crippen LogP contribution in [0.2, 0.25) is 0 Å². The van der Waals surface area contributed by atoms with Crippen molar-refractivity contribution in [3.8, 4) is 17.1 Å². The fourth-order valence-corrected chi connectivity index (χ4v) is 5.37. The number of anilines is 1. The van der Waals surface area contributed by atoms with E-state index in [-0.39, 0.29) is 24.9 Å². The minimum Gasteiger partial charge on any atom is -0.481 e. The number of fused-ring (bicyclic) bond motifs is 1. The highest BCUT2D eigenvalue weighted by Crippen LogP contribution is 2.33. The van der Waals surface area contributed by atoms with Gasteiger partial charge in [-0.25, -0.2) is 0 Å². The average Bonchev–Trinajstić information content (AvgIpc) is 3.36. The highest BCUT2D eigenvalue weighted by atomic mass is 32.1. The number of piperazine rings is 1. The third-order valence-electron chi connectivity index (χ3n) is 6.38. The van der Waals surface area contributed by atoms with Gasteiger partial charge in [0.15, 0.2) is 0 Å². The van der Waals surface area contributed by atoms with Gasteiger partial charge in [0, 0.05) is 36.6 Å². The second-order valence-corrected chi connectivity index (χ2v) is 9.95. The predicted octanol–water partition coefficient (Wildman–Crippen LogP) is 4.74. The molecule has 0 radical (unpaired) electrons. The van der Waals surface area contributed by atoms with Crippen molar-refractivity contribution in [2.45, 2.75) is 19.8 Å². The van der Waals surface area contributed by atoms with E-state index in [0.717, 1.165) is 33.6 Å².